The van der Waals surface area contributed by atoms with Crippen molar-refractivity contribution in [3.8, 4) is 0 Å². The predicted octanol–water partition coefficient (Wildman–Crippen LogP) is 9.96. The zero-order valence-electron chi connectivity index (χ0n) is 31.3. The minimum absolute atomic E-state index is 0. The Bertz CT molecular complexity index is 1950. The molecule has 8 rings (SSSR count). The Labute approximate surface area is 351 Å². The SMILES string of the molecule is F[B-](F)(F)F.O=C(c1ccccc1)c1ccccn1.[Cu+].c1ccc([PH+](c2ccccc2)c2ccccc2)cc1.c1ccc([PH+](c2ccccc2)c2ccccc2)cc1. The first-order chi connectivity index (χ1) is 27.8. The summed E-state index contributed by atoms with van der Waals surface area (Å²) in [5.74, 6) is -0.0359. The molecular weight excluding hydrogens is 819 g/mol. The van der Waals surface area contributed by atoms with Gasteiger partial charge in [0.25, 0.3) is 0 Å². The van der Waals surface area contributed by atoms with Crippen LogP contribution in [0.2, 0.25) is 0 Å². The van der Waals surface area contributed by atoms with Crippen LogP contribution in [0, 0.1) is 0 Å². The summed E-state index contributed by atoms with van der Waals surface area (Å²) in [4.78, 5) is 15.8. The molecule has 10 heteroatoms. The molecule has 0 aliphatic carbocycles. The second-order valence-electron chi connectivity index (χ2n) is 12.4. The number of carbonyl (C=O) groups excluding carboxylic acids is 1. The fraction of sp³-hybridized carbons (Fsp3) is 0. The van der Waals surface area contributed by atoms with E-state index < -0.39 is 23.1 Å². The predicted molar refractivity (Wildman–Crippen MR) is 237 cm³/mol. The van der Waals surface area contributed by atoms with Gasteiger partial charge in [-0.1, -0.05) is 146 Å². The average molecular weight is 860 g/mol. The van der Waals surface area contributed by atoms with E-state index >= 15 is 0 Å². The van der Waals surface area contributed by atoms with E-state index in [1.54, 1.807) is 30.5 Å². The van der Waals surface area contributed by atoms with Gasteiger partial charge in [0, 0.05) is 11.8 Å². The van der Waals surface area contributed by atoms with Gasteiger partial charge in [-0.05, 0) is 84.9 Å². The second-order valence-corrected chi connectivity index (χ2v) is 17.3. The van der Waals surface area contributed by atoms with Crippen molar-refractivity contribution in [3.05, 3.63) is 248 Å². The van der Waals surface area contributed by atoms with E-state index in [4.69, 9.17) is 0 Å². The van der Waals surface area contributed by atoms with Crippen LogP contribution in [-0.4, -0.2) is 18.0 Å². The van der Waals surface area contributed by atoms with Gasteiger partial charge in [-0.15, -0.1) is 0 Å². The van der Waals surface area contributed by atoms with Crippen LogP contribution in [0.15, 0.2) is 237 Å². The third kappa shape index (κ3) is 15.1. The maximum absolute atomic E-state index is 11.8. The van der Waals surface area contributed by atoms with Gasteiger partial charge >= 0.3 is 24.3 Å². The van der Waals surface area contributed by atoms with Gasteiger partial charge in [-0.25, -0.2) is 0 Å². The molecular formula is C48H41BCuF4NOP2+2. The molecule has 0 bridgehead atoms. The van der Waals surface area contributed by atoms with Crippen molar-refractivity contribution in [2.24, 2.45) is 0 Å². The van der Waals surface area contributed by atoms with Crippen molar-refractivity contribution in [3.63, 3.8) is 0 Å². The molecule has 58 heavy (non-hydrogen) atoms. The molecule has 1 aromatic heterocycles. The number of aromatic nitrogens is 1. The van der Waals surface area contributed by atoms with E-state index in [1.165, 1.54) is 31.8 Å². The van der Waals surface area contributed by atoms with Crippen LogP contribution in [0.25, 0.3) is 0 Å². The molecule has 0 amide bonds. The Kier molecular flexibility index (Phi) is 19.0. The molecule has 0 unspecified atom stereocenters. The normalized spacial score (nSPS) is 10.3. The van der Waals surface area contributed by atoms with E-state index in [0.717, 1.165) is 0 Å². The van der Waals surface area contributed by atoms with Crippen molar-refractivity contribution in [1.82, 2.24) is 4.98 Å². The van der Waals surface area contributed by atoms with E-state index in [0.29, 0.717) is 11.3 Å². The summed E-state index contributed by atoms with van der Waals surface area (Å²) in [6.07, 6.45) is 1.62. The molecule has 1 heterocycles. The summed E-state index contributed by atoms with van der Waals surface area (Å²) in [5, 5.41) is 8.61. The molecule has 0 saturated carbocycles. The molecule has 294 valence electrons. The molecule has 0 atom stereocenters. The number of hydrogen-bond donors (Lipinski definition) is 0. The van der Waals surface area contributed by atoms with Gasteiger partial charge in [0.2, 0.25) is 5.78 Å². The topological polar surface area (TPSA) is 30.0 Å². The molecule has 0 spiro atoms. The Morgan fingerprint density at radius 2 is 0.586 bits per heavy atom. The van der Waals surface area contributed by atoms with Crippen LogP contribution < -0.4 is 31.8 Å². The number of hydrogen-bond acceptors (Lipinski definition) is 2. The van der Waals surface area contributed by atoms with Crippen LogP contribution >= 0.6 is 15.8 Å². The van der Waals surface area contributed by atoms with Gasteiger partial charge in [0.1, 0.15) is 37.5 Å². The largest absolute Gasteiger partial charge is 1.00 e. The summed E-state index contributed by atoms with van der Waals surface area (Å²) >= 11 is 0. The summed E-state index contributed by atoms with van der Waals surface area (Å²) in [6, 6.07) is 79.5. The molecule has 0 radical (unpaired) electrons. The summed E-state index contributed by atoms with van der Waals surface area (Å²) in [7, 11) is -7.75. The number of benzene rings is 7. The third-order valence-electron chi connectivity index (χ3n) is 8.31. The number of carbonyl (C=O) groups is 1. The Morgan fingerprint density at radius 3 is 0.810 bits per heavy atom. The van der Waals surface area contributed by atoms with E-state index in [1.807, 2.05) is 24.3 Å². The number of halogens is 4. The standard InChI is InChI=1S/2C18H15P.C12H9NO.BF4.Cu/c2*1-4-10-16(11-5-1)19(17-12-6-2-7-13-17)18-14-8-3-9-15-18;14-12(10-6-2-1-3-7-10)11-8-4-5-9-13-11;2-1(3,4)5;/h2*1-15H;1-9H;;/q;;;-1;+1/p+2. The third-order valence-corrected chi connectivity index (χ3v) is 13.8. The summed E-state index contributed by atoms with van der Waals surface area (Å²) in [5.41, 5.74) is 1.16. The van der Waals surface area contributed by atoms with Crippen LogP contribution in [-0.2, 0) is 17.1 Å². The maximum atomic E-state index is 11.8. The van der Waals surface area contributed by atoms with Crippen molar-refractivity contribution >= 4 is 60.7 Å². The van der Waals surface area contributed by atoms with Gasteiger partial charge in [0.05, 0.1) is 15.8 Å². The summed E-state index contributed by atoms with van der Waals surface area (Å²) < 4.78 is 39.0. The van der Waals surface area contributed by atoms with Gasteiger partial charge in [0.15, 0.2) is 0 Å². The van der Waals surface area contributed by atoms with E-state index in [-0.39, 0.29) is 22.9 Å². The fourth-order valence-corrected chi connectivity index (χ4v) is 11.0. The van der Waals surface area contributed by atoms with E-state index in [2.05, 4.69) is 187 Å². The quantitative estimate of drug-likeness (QED) is 0.0660. The first kappa shape index (κ1) is 45.2. The van der Waals surface area contributed by atoms with Crippen molar-refractivity contribution < 1.29 is 39.1 Å². The Morgan fingerprint density at radius 1 is 0.362 bits per heavy atom. The summed E-state index contributed by atoms with van der Waals surface area (Å²) in [6.45, 7) is 0. The molecule has 7 aromatic carbocycles. The average Bonchev–Trinajstić information content (AvgIpc) is 3.26. The van der Waals surface area contributed by atoms with Gasteiger partial charge < -0.3 is 17.3 Å². The number of pyridine rings is 1. The van der Waals surface area contributed by atoms with Crippen LogP contribution in [0.4, 0.5) is 17.3 Å². The number of ketones is 1. The van der Waals surface area contributed by atoms with Crippen molar-refractivity contribution in [2.45, 2.75) is 0 Å². The van der Waals surface area contributed by atoms with Crippen molar-refractivity contribution in [1.29, 1.82) is 0 Å². The van der Waals surface area contributed by atoms with E-state index in [9.17, 15) is 22.1 Å². The zero-order valence-corrected chi connectivity index (χ0v) is 34.2. The monoisotopic (exact) mass is 859 g/mol. The molecule has 0 aliphatic rings. The van der Waals surface area contributed by atoms with Crippen LogP contribution in [0.3, 0.4) is 0 Å². The maximum Gasteiger partial charge on any atom is 1.00 e. The zero-order chi connectivity index (χ0) is 40.1. The minimum Gasteiger partial charge on any atom is -0.418 e. The molecule has 0 aliphatic heterocycles. The minimum atomic E-state index is -6.00. The molecule has 0 N–H and O–H groups in total. The molecule has 8 aromatic rings. The fourth-order valence-electron chi connectivity index (χ4n) is 5.86. The Balaban J connectivity index is 0.000000182. The molecule has 0 saturated heterocycles. The molecule has 2 nitrogen and oxygen atoms in total. The first-order valence-electron chi connectivity index (χ1n) is 18.2. The smallest absolute Gasteiger partial charge is 0.418 e. The van der Waals surface area contributed by atoms with Gasteiger partial charge in [-0.3, -0.25) is 9.78 Å². The number of nitrogens with zero attached hydrogens (tertiary/aromatic N) is 1. The van der Waals surface area contributed by atoms with Gasteiger partial charge in [-0.2, -0.15) is 0 Å². The molecule has 0 fully saturated rings. The second kappa shape index (κ2) is 24.3. The first-order valence-corrected chi connectivity index (χ1v) is 21.2. The van der Waals surface area contributed by atoms with Crippen molar-refractivity contribution in [2.75, 3.05) is 0 Å². The Hall–Kier alpha value is -5.48. The van der Waals surface area contributed by atoms with Crippen LogP contribution in [0.1, 0.15) is 16.1 Å². The van der Waals surface area contributed by atoms with Crippen LogP contribution in [0.5, 0.6) is 0 Å². The number of rotatable bonds is 8.